The summed E-state index contributed by atoms with van der Waals surface area (Å²) >= 11 is 5.97. The molecule has 0 saturated carbocycles. The minimum Gasteiger partial charge on any atom is -0.493 e. The Hall–Kier alpha value is -3.32. The third-order valence-electron chi connectivity index (χ3n) is 6.07. The van der Waals surface area contributed by atoms with E-state index in [4.69, 9.17) is 21.1 Å². The van der Waals surface area contributed by atoms with E-state index in [9.17, 15) is 4.79 Å². The van der Waals surface area contributed by atoms with E-state index in [1.807, 2.05) is 54.6 Å². The average Bonchev–Trinajstić information content (AvgIpc) is 2.89. The Balaban J connectivity index is 1.31. The number of anilines is 1. The fourth-order valence-corrected chi connectivity index (χ4v) is 4.30. The van der Waals surface area contributed by atoms with E-state index < -0.39 is 0 Å². The smallest absolute Gasteiger partial charge is 0.224 e. The predicted octanol–water partition coefficient (Wildman–Crippen LogP) is 4.39. The second-order valence-corrected chi connectivity index (χ2v) is 8.74. The number of carbonyl (C=O) groups excluding carboxylic acids is 1. The number of amides is 1. The Morgan fingerprint density at radius 2 is 1.85 bits per heavy atom. The molecule has 1 amide bonds. The van der Waals surface area contributed by atoms with E-state index in [0.717, 1.165) is 48.4 Å². The van der Waals surface area contributed by atoms with Crippen LogP contribution in [0.1, 0.15) is 18.4 Å². The molecular weight excluding hydrogens is 452 g/mol. The molecule has 7 nitrogen and oxygen atoms in total. The highest BCUT2D eigenvalue weighted by molar-refractivity contribution is 6.30. The van der Waals surface area contributed by atoms with E-state index in [1.54, 1.807) is 14.2 Å². The van der Waals surface area contributed by atoms with Crippen molar-refractivity contribution in [2.75, 3.05) is 38.8 Å². The van der Waals surface area contributed by atoms with Gasteiger partial charge in [0.2, 0.25) is 5.91 Å². The summed E-state index contributed by atoms with van der Waals surface area (Å²) in [5.41, 5.74) is 2.84. The summed E-state index contributed by atoms with van der Waals surface area (Å²) in [5.74, 6) is 2.19. The molecule has 2 heterocycles. The van der Waals surface area contributed by atoms with Gasteiger partial charge in [-0.3, -0.25) is 4.79 Å². The molecule has 1 aliphatic rings. The van der Waals surface area contributed by atoms with E-state index in [2.05, 4.69) is 20.4 Å². The molecule has 2 aromatic carbocycles. The maximum absolute atomic E-state index is 12.8. The van der Waals surface area contributed by atoms with Gasteiger partial charge in [0.05, 0.1) is 25.8 Å². The second-order valence-electron chi connectivity index (χ2n) is 8.30. The molecule has 0 spiro atoms. The first kappa shape index (κ1) is 23.8. The molecule has 0 radical (unpaired) electrons. The SMILES string of the molecule is COc1ccc(CCNC(=O)[C@@H]2CCCN(c3ccc(-c4ccc(Cl)cc4)nn3)C2)cc1OC. The molecule has 34 heavy (non-hydrogen) atoms. The quantitative estimate of drug-likeness (QED) is 0.515. The number of ether oxygens (including phenoxy) is 2. The Morgan fingerprint density at radius 1 is 1.06 bits per heavy atom. The Morgan fingerprint density at radius 3 is 2.56 bits per heavy atom. The number of methoxy groups -OCH3 is 2. The summed E-state index contributed by atoms with van der Waals surface area (Å²) in [5, 5.41) is 12.6. The molecule has 1 aliphatic heterocycles. The molecule has 0 unspecified atom stereocenters. The van der Waals surface area contributed by atoms with Gasteiger partial charge in [0, 0.05) is 30.2 Å². The zero-order chi connectivity index (χ0) is 23.9. The lowest BCUT2D eigenvalue weighted by Crippen LogP contribution is -2.43. The molecule has 8 heteroatoms. The number of rotatable bonds is 8. The molecular formula is C26H29ClN4O3. The molecule has 1 saturated heterocycles. The van der Waals surface area contributed by atoms with Gasteiger partial charge in [0.25, 0.3) is 0 Å². The van der Waals surface area contributed by atoms with Crippen molar-refractivity contribution in [3.8, 4) is 22.8 Å². The van der Waals surface area contributed by atoms with E-state index >= 15 is 0 Å². The summed E-state index contributed by atoms with van der Waals surface area (Å²) in [6.07, 6.45) is 2.53. The topological polar surface area (TPSA) is 76.6 Å². The van der Waals surface area contributed by atoms with Gasteiger partial charge in [-0.1, -0.05) is 29.8 Å². The molecule has 0 aliphatic carbocycles. The summed E-state index contributed by atoms with van der Waals surface area (Å²) in [6.45, 7) is 2.07. The third-order valence-corrected chi connectivity index (χ3v) is 6.32. The van der Waals surface area contributed by atoms with E-state index in [1.165, 1.54) is 0 Å². The lowest BCUT2D eigenvalue weighted by molar-refractivity contribution is -0.125. The van der Waals surface area contributed by atoms with Crippen molar-refractivity contribution < 1.29 is 14.3 Å². The van der Waals surface area contributed by atoms with Gasteiger partial charge < -0.3 is 19.7 Å². The van der Waals surface area contributed by atoms with Crippen LogP contribution in [-0.4, -0.2) is 50.0 Å². The predicted molar refractivity (Wildman–Crippen MR) is 134 cm³/mol. The number of hydrogen-bond acceptors (Lipinski definition) is 6. The van der Waals surface area contributed by atoms with Crippen LogP contribution < -0.4 is 19.7 Å². The fraction of sp³-hybridized carbons (Fsp3) is 0.346. The monoisotopic (exact) mass is 480 g/mol. The zero-order valence-corrected chi connectivity index (χ0v) is 20.2. The van der Waals surface area contributed by atoms with Gasteiger partial charge in [-0.15, -0.1) is 10.2 Å². The van der Waals surface area contributed by atoms with Crippen molar-refractivity contribution >= 4 is 23.3 Å². The van der Waals surface area contributed by atoms with Crippen LogP contribution in [0, 0.1) is 5.92 Å². The molecule has 1 fully saturated rings. The normalized spacial score (nSPS) is 15.6. The summed E-state index contributed by atoms with van der Waals surface area (Å²) in [4.78, 5) is 15.0. The summed E-state index contributed by atoms with van der Waals surface area (Å²) in [7, 11) is 3.23. The van der Waals surface area contributed by atoms with Gasteiger partial charge in [0.1, 0.15) is 0 Å². The van der Waals surface area contributed by atoms with Crippen LogP contribution in [0.4, 0.5) is 5.82 Å². The number of nitrogens with zero attached hydrogens (tertiary/aromatic N) is 3. The number of piperidine rings is 1. The largest absolute Gasteiger partial charge is 0.493 e. The Labute approximate surface area is 205 Å². The molecule has 178 valence electrons. The lowest BCUT2D eigenvalue weighted by Gasteiger charge is -2.32. The Bertz CT molecular complexity index is 1110. The minimum absolute atomic E-state index is 0.0723. The first-order valence-corrected chi connectivity index (χ1v) is 11.8. The number of hydrogen-bond donors (Lipinski definition) is 1. The van der Waals surface area contributed by atoms with Crippen LogP contribution in [0.2, 0.25) is 5.02 Å². The van der Waals surface area contributed by atoms with Crippen molar-refractivity contribution in [1.29, 1.82) is 0 Å². The summed E-state index contributed by atoms with van der Waals surface area (Å²) < 4.78 is 10.6. The van der Waals surface area contributed by atoms with Gasteiger partial charge in [-0.05, 0) is 61.2 Å². The molecule has 0 bridgehead atoms. The number of aromatic nitrogens is 2. The highest BCUT2D eigenvalue weighted by atomic mass is 35.5. The standard InChI is InChI=1S/C26H29ClN4O3/c1-33-23-11-5-18(16-24(23)34-2)13-14-28-26(32)20-4-3-15-31(17-20)25-12-10-22(29-30-25)19-6-8-21(27)9-7-19/h5-12,16,20H,3-4,13-15,17H2,1-2H3,(H,28,32)/t20-/m1/s1. The van der Waals surface area contributed by atoms with Gasteiger partial charge in [0.15, 0.2) is 17.3 Å². The van der Waals surface area contributed by atoms with Gasteiger partial charge >= 0.3 is 0 Å². The Kier molecular flexibility index (Phi) is 7.85. The number of benzene rings is 2. The number of halogens is 1. The van der Waals surface area contributed by atoms with Crippen LogP contribution in [0.5, 0.6) is 11.5 Å². The molecule has 1 N–H and O–H groups in total. The minimum atomic E-state index is -0.0723. The number of nitrogens with one attached hydrogen (secondary N) is 1. The van der Waals surface area contributed by atoms with Crippen molar-refractivity contribution in [1.82, 2.24) is 15.5 Å². The molecule has 4 rings (SSSR count). The van der Waals surface area contributed by atoms with Gasteiger partial charge in [-0.25, -0.2) is 0 Å². The highest BCUT2D eigenvalue weighted by Crippen LogP contribution is 2.28. The number of carbonyl (C=O) groups is 1. The first-order chi connectivity index (χ1) is 16.6. The third kappa shape index (κ3) is 5.78. The second kappa shape index (κ2) is 11.2. The van der Waals surface area contributed by atoms with Crippen molar-refractivity contribution in [2.45, 2.75) is 19.3 Å². The van der Waals surface area contributed by atoms with Crippen LogP contribution in [0.15, 0.2) is 54.6 Å². The van der Waals surface area contributed by atoms with E-state index in [0.29, 0.717) is 29.6 Å². The van der Waals surface area contributed by atoms with Crippen molar-refractivity contribution in [3.63, 3.8) is 0 Å². The lowest BCUT2D eigenvalue weighted by atomic mass is 9.97. The van der Waals surface area contributed by atoms with Crippen molar-refractivity contribution in [3.05, 3.63) is 65.2 Å². The highest BCUT2D eigenvalue weighted by Gasteiger charge is 2.26. The first-order valence-electron chi connectivity index (χ1n) is 11.4. The molecule has 1 atom stereocenters. The van der Waals surface area contributed by atoms with Crippen LogP contribution >= 0.6 is 11.6 Å². The zero-order valence-electron chi connectivity index (χ0n) is 19.5. The fourth-order valence-electron chi connectivity index (χ4n) is 4.18. The van der Waals surface area contributed by atoms with E-state index in [-0.39, 0.29) is 11.8 Å². The molecule has 1 aromatic heterocycles. The van der Waals surface area contributed by atoms with Crippen LogP contribution in [0.25, 0.3) is 11.3 Å². The van der Waals surface area contributed by atoms with Crippen LogP contribution in [0.3, 0.4) is 0 Å². The van der Waals surface area contributed by atoms with Crippen LogP contribution in [-0.2, 0) is 11.2 Å². The average molecular weight is 481 g/mol. The van der Waals surface area contributed by atoms with Gasteiger partial charge in [-0.2, -0.15) is 0 Å². The van der Waals surface area contributed by atoms with Crippen molar-refractivity contribution in [2.24, 2.45) is 5.92 Å². The maximum atomic E-state index is 12.8. The molecule has 3 aromatic rings. The summed E-state index contributed by atoms with van der Waals surface area (Å²) in [6, 6.07) is 17.3. The maximum Gasteiger partial charge on any atom is 0.224 e.